The summed E-state index contributed by atoms with van der Waals surface area (Å²) in [5.74, 6) is -0.913. The van der Waals surface area contributed by atoms with Crippen LogP contribution in [0.1, 0.15) is 42.9 Å². The van der Waals surface area contributed by atoms with E-state index in [2.05, 4.69) is 49.4 Å². The van der Waals surface area contributed by atoms with Crippen LogP contribution in [-0.2, 0) is 43.5 Å². The molecule has 0 N–H and O–H groups in total. The predicted molar refractivity (Wildman–Crippen MR) is 149 cm³/mol. The van der Waals surface area contributed by atoms with Gasteiger partial charge in [-0.3, -0.25) is 0 Å². The van der Waals surface area contributed by atoms with Gasteiger partial charge in [0.15, 0.2) is 5.79 Å². The molecule has 1 saturated heterocycles. The van der Waals surface area contributed by atoms with Gasteiger partial charge in [-0.15, -0.1) is 0 Å². The minimum Gasteiger partial charge on any atom is -0.374 e. The molecule has 0 aromatic heterocycles. The fourth-order valence-corrected chi connectivity index (χ4v) is 4.65. The third-order valence-electron chi connectivity index (χ3n) is 6.73. The van der Waals surface area contributed by atoms with Crippen molar-refractivity contribution in [3.05, 3.63) is 120 Å². The van der Waals surface area contributed by atoms with E-state index in [-0.39, 0.29) is 18.3 Å². The molecule has 0 aliphatic carbocycles. The summed E-state index contributed by atoms with van der Waals surface area (Å²) < 4.78 is 31.9. The lowest BCUT2D eigenvalue weighted by Crippen LogP contribution is -2.57. The smallest absolute Gasteiger partial charge is 0.190 e. The highest BCUT2D eigenvalue weighted by molar-refractivity contribution is 5.15. The number of ether oxygens (including phenoxy) is 5. The fourth-order valence-electron chi connectivity index (χ4n) is 4.65. The van der Waals surface area contributed by atoms with E-state index >= 15 is 0 Å². The zero-order valence-corrected chi connectivity index (χ0v) is 22.5. The van der Waals surface area contributed by atoms with Crippen molar-refractivity contribution in [2.75, 3.05) is 13.7 Å². The molecule has 38 heavy (non-hydrogen) atoms. The Morgan fingerprint density at radius 1 is 0.789 bits per heavy atom. The molecule has 4 atom stereocenters. The van der Waals surface area contributed by atoms with Crippen molar-refractivity contribution in [3.63, 3.8) is 0 Å². The minimum atomic E-state index is -0.913. The van der Waals surface area contributed by atoms with E-state index in [1.54, 1.807) is 7.11 Å². The topological polar surface area (TPSA) is 46.2 Å². The molecule has 0 spiro atoms. The molecule has 1 aliphatic rings. The highest BCUT2D eigenvalue weighted by Crippen LogP contribution is 2.36. The molecule has 0 radical (unpaired) electrons. The Hall–Kier alpha value is -2.80. The summed E-state index contributed by atoms with van der Waals surface area (Å²) in [6.07, 6.45) is 5.71. The summed E-state index contributed by atoms with van der Waals surface area (Å²) in [6.45, 7) is 3.94. The van der Waals surface area contributed by atoms with Gasteiger partial charge in [0, 0.05) is 13.5 Å². The van der Waals surface area contributed by atoms with Gasteiger partial charge in [0.05, 0.1) is 32.5 Å². The first-order valence-corrected chi connectivity index (χ1v) is 13.5. The van der Waals surface area contributed by atoms with E-state index < -0.39 is 5.79 Å². The van der Waals surface area contributed by atoms with Crippen molar-refractivity contribution in [2.24, 2.45) is 0 Å². The number of methoxy groups -OCH3 is 1. The van der Waals surface area contributed by atoms with E-state index in [4.69, 9.17) is 23.7 Å². The molecule has 1 aliphatic heterocycles. The third kappa shape index (κ3) is 8.35. The third-order valence-corrected chi connectivity index (χ3v) is 6.73. The number of hydrogen-bond donors (Lipinski definition) is 0. The molecule has 1 heterocycles. The number of unbranched alkanes of at least 4 members (excludes halogenated alkanes) is 1. The summed E-state index contributed by atoms with van der Waals surface area (Å²) in [4.78, 5) is 0. The fraction of sp³-hybridized carbons (Fsp3) is 0.394. The standard InChI is InChI=1S/C33H40O5/c1-3-4-14-21-33(34-2)22-30(36-24-28-17-10-6-11-18-28)32(37-25-29-19-12-7-13-20-29)31(38-33)26-35-23-27-15-8-5-9-16-27/h5-21,30-32H,3-4,22-26H2,1-2H3/b21-14-/t30-,31-,32+,33+/m1/s1. The number of allylic oxidation sites excluding steroid dienone is 1. The van der Waals surface area contributed by atoms with Gasteiger partial charge in [-0.05, 0) is 29.2 Å². The van der Waals surface area contributed by atoms with E-state index in [9.17, 15) is 0 Å². The first-order valence-electron chi connectivity index (χ1n) is 13.5. The van der Waals surface area contributed by atoms with Crippen molar-refractivity contribution < 1.29 is 23.7 Å². The van der Waals surface area contributed by atoms with Crippen molar-refractivity contribution in [3.8, 4) is 0 Å². The van der Waals surface area contributed by atoms with Gasteiger partial charge in [0.25, 0.3) is 0 Å². The average Bonchev–Trinajstić information content (AvgIpc) is 2.97. The number of rotatable bonds is 14. The van der Waals surface area contributed by atoms with Crippen molar-refractivity contribution in [1.82, 2.24) is 0 Å². The van der Waals surface area contributed by atoms with Crippen LogP contribution in [0.4, 0.5) is 0 Å². The lowest BCUT2D eigenvalue weighted by atomic mass is 9.94. The molecule has 0 bridgehead atoms. The molecule has 5 nitrogen and oxygen atoms in total. The van der Waals surface area contributed by atoms with E-state index in [1.165, 1.54) is 0 Å². The molecule has 0 saturated carbocycles. The van der Waals surface area contributed by atoms with E-state index in [0.29, 0.717) is 32.8 Å². The Kier molecular flexibility index (Phi) is 11.1. The lowest BCUT2D eigenvalue weighted by Gasteiger charge is -2.46. The van der Waals surface area contributed by atoms with Crippen molar-refractivity contribution >= 4 is 0 Å². The SMILES string of the molecule is CCC/C=C\[C@@]1(OC)C[C@@H](OCc2ccccc2)[C@H](OCc2ccccc2)[C@@H](COCc2ccccc2)O1. The molecule has 3 aromatic carbocycles. The number of benzene rings is 3. The second kappa shape index (κ2) is 15.0. The van der Waals surface area contributed by atoms with Crippen LogP contribution in [0.15, 0.2) is 103 Å². The first kappa shape index (κ1) is 28.2. The summed E-state index contributed by atoms with van der Waals surface area (Å²) in [5, 5.41) is 0. The first-order chi connectivity index (χ1) is 18.7. The molecule has 5 heteroatoms. The Morgan fingerprint density at radius 2 is 1.34 bits per heavy atom. The molecule has 0 amide bonds. The van der Waals surface area contributed by atoms with E-state index in [0.717, 1.165) is 29.5 Å². The van der Waals surface area contributed by atoms with Crippen LogP contribution in [0.2, 0.25) is 0 Å². The molecule has 0 unspecified atom stereocenters. The van der Waals surface area contributed by atoms with Gasteiger partial charge in [-0.1, -0.05) is 110 Å². The Morgan fingerprint density at radius 3 is 1.89 bits per heavy atom. The Bertz CT molecular complexity index is 1070. The summed E-state index contributed by atoms with van der Waals surface area (Å²) in [7, 11) is 1.69. The monoisotopic (exact) mass is 516 g/mol. The maximum atomic E-state index is 6.65. The Balaban J connectivity index is 1.56. The van der Waals surface area contributed by atoms with Crippen LogP contribution in [-0.4, -0.2) is 37.8 Å². The highest BCUT2D eigenvalue weighted by atomic mass is 16.7. The normalized spacial score (nSPS) is 23.6. The van der Waals surface area contributed by atoms with Crippen LogP contribution in [0.3, 0.4) is 0 Å². The van der Waals surface area contributed by atoms with Crippen LogP contribution in [0.25, 0.3) is 0 Å². The average molecular weight is 517 g/mol. The van der Waals surface area contributed by atoms with Crippen LogP contribution in [0.5, 0.6) is 0 Å². The van der Waals surface area contributed by atoms with Crippen LogP contribution in [0, 0.1) is 0 Å². The minimum absolute atomic E-state index is 0.260. The molecule has 4 rings (SSSR count). The van der Waals surface area contributed by atoms with Gasteiger partial charge >= 0.3 is 0 Å². The quantitative estimate of drug-likeness (QED) is 0.219. The molecule has 3 aromatic rings. The molecule has 1 fully saturated rings. The van der Waals surface area contributed by atoms with Crippen LogP contribution >= 0.6 is 0 Å². The summed E-state index contributed by atoms with van der Waals surface area (Å²) in [6, 6.07) is 30.6. The van der Waals surface area contributed by atoms with Gasteiger partial charge in [-0.25, -0.2) is 0 Å². The maximum absolute atomic E-state index is 6.65. The van der Waals surface area contributed by atoms with Crippen molar-refractivity contribution in [2.45, 2.75) is 70.1 Å². The Labute approximate surface area is 227 Å². The molecular weight excluding hydrogens is 476 g/mol. The highest BCUT2D eigenvalue weighted by Gasteiger charge is 2.48. The van der Waals surface area contributed by atoms with Gasteiger partial charge in [-0.2, -0.15) is 0 Å². The van der Waals surface area contributed by atoms with E-state index in [1.807, 2.05) is 60.7 Å². The summed E-state index contributed by atoms with van der Waals surface area (Å²) in [5.41, 5.74) is 3.33. The van der Waals surface area contributed by atoms with Gasteiger partial charge < -0.3 is 23.7 Å². The van der Waals surface area contributed by atoms with Crippen molar-refractivity contribution in [1.29, 1.82) is 0 Å². The zero-order chi connectivity index (χ0) is 26.5. The van der Waals surface area contributed by atoms with Gasteiger partial charge in [0.2, 0.25) is 0 Å². The molecular formula is C33H40O5. The number of hydrogen-bond acceptors (Lipinski definition) is 5. The molecule has 202 valence electrons. The lowest BCUT2D eigenvalue weighted by molar-refractivity contribution is -0.308. The maximum Gasteiger partial charge on any atom is 0.190 e. The second-order valence-electron chi connectivity index (χ2n) is 9.66. The van der Waals surface area contributed by atoms with Crippen LogP contribution < -0.4 is 0 Å². The predicted octanol–water partition coefficient (Wildman–Crippen LogP) is 6.86. The zero-order valence-electron chi connectivity index (χ0n) is 22.5. The largest absolute Gasteiger partial charge is 0.374 e. The summed E-state index contributed by atoms with van der Waals surface area (Å²) >= 11 is 0. The van der Waals surface area contributed by atoms with Gasteiger partial charge in [0.1, 0.15) is 12.2 Å². The second-order valence-corrected chi connectivity index (χ2v) is 9.66.